The summed E-state index contributed by atoms with van der Waals surface area (Å²) >= 11 is 0. The van der Waals surface area contributed by atoms with Crippen LogP contribution in [0.2, 0.25) is 0 Å². The molecule has 0 unspecified atom stereocenters. The number of nitrogens with one attached hydrogen (secondary N) is 1. The van der Waals surface area contributed by atoms with Crippen LogP contribution in [0.25, 0.3) is 0 Å². The van der Waals surface area contributed by atoms with Gasteiger partial charge in [-0.3, -0.25) is 24.1 Å². The van der Waals surface area contributed by atoms with Gasteiger partial charge in [-0.15, -0.1) is 0 Å². The molecule has 1 aliphatic heterocycles. The first kappa shape index (κ1) is 28.7. The highest BCUT2D eigenvalue weighted by molar-refractivity contribution is 6.21. The van der Waals surface area contributed by atoms with Crippen LogP contribution in [0.4, 0.5) is 0 Å². The second-order valence-electron chi connectivity index (χ2n) is 10.7. The number of rotatable bonds is 12. The van der Waals surface area contributed by atoms with Crippen LogP contribution < -0.4 is 5.32 Å². The van der Waals surface area contributed by atoms with Crippen LogP contribution in [-0.2, 0) is 22.6 Å². The third-order valence-electron chi connectivity index (χ3n) is 7.21. The van der Waals surface area contributed by atoms with E-state index in [1.54, 1.807) is 29.2 Å². The number of benzene rings is 3. The molecule has 7 heteroatoms. The Bertz CT molecular complexity index is 1330. The van der Waals surface area contributed by atoms with Gasteiger partial charge in [-0.25, -0.2) is 0 Å². The molecule has 0 aliphatic carbocycles. The minimum Gasteiger partial charge on any atom is -0.354 e. The molecule has 0 spiro atoms. The van der Waals surface area contributed by atoms with E-state index < -0.39 is 6.04 Å². The number of carbonyl (C=O) groups excluding carboxylic acids is 4. The third-order valence-corrected chi connectivity index (χ3v) is 7.21. The first-order valence-electron chi connectivity index (χ1n) is 13.9. The van der Waals surface area contributed by atoms with Crippen molar-refractivity contribution in [2.45, 2.75) is 52.6 Å². The molecule has 1 heterocycles. The lowest BCUT2D eigenvalue weighted by atomic mass is 10.0. The molecule has 40 heavy (non-hydrogen) atoms. The number of imide groups is 1. The highest BCUT2D eigenvalue weighted by Gasteiger charge is 2.35. The molecule has 0 saturated heterocycles. The first-order chi connectivity index (χ1) is 19.3. The summed E-state index contributed by atoms with van der Waals surface area (Å²) in [6.45, 7) is 6.98. The van der Waals surface area contributed by atoms with Crippen LogP contribution in [0, 0.1) is 12.8 Å². The number of fused-ring (bicyclic) bond motifs is 1. The Morgan fingerprint density at radius 3 is 2.08 bits per heavy atom. The largest absolute Gasteiger partial charge is 0.354 e. The molecule has 0 bridgehead atoms. The van der Waals surface area contributed by atoms with Crippen molar-refractivity contribution in [2.24, 2.45) is 5.92 Å². The Hall–Kier alpha value is -4.26. The fourth-order valence-electron chi connectivity index (χ4n) is 4.92. The van der Waals surface area contributed by atoms with E-state index in [-0.39, 0.29) is 49.1 Å². The SMILES string of the molecule is Cc1ccccc1CN(C(=O)CCCN1C(=O)c2ccccc2C1=O)[C@@H](Cc1ccccc1)C(=O)NCC(C)C. The lowest BCUT2D eigenvalue weighted by molar-refractivity contribution is -0.141. The van der Waals surface area contributed by atoms with E-state index in [9.17, 15) is 19.2 Å². The molecule has 208 valence electrons. The Labute approximate surface area is 236 Å². The van der Waals surface area contributed by atoms with Gasteiger partial charge in [0.15, 0.2) is 0 Å². The van der Waals surface area contributed by atoms with E-state index in [4.69, 9.17) is 0 Å². The summed E-state index contributed by atoms with van der Waals surface area (Å²) in [5.41, 5.74) is 3.74. The van der Waals surface area contributed by atoms with Gasteiger partial charge in [0.1, 0.15) is 6.04 Å². The van der Waals surface area contributed by atoms with Gasteiger partial charge in [0, 0.05) is 32.5 Å². The predicted octanol–water partition coefficient (Wildman–Crippen LogP) is 4.78. The lowest BCUT2D eigenvalue weighted by Crippen LogP contribution is -2.51. The molecule has 0 saturated carbocycles. The van der Waals surface area contributed by atoms with E-state index >= 15 is 0 Å². The molecule has 3 aromatic rings. The average molecular weight is 540 g/mol. The molecule has 0 radical (unpaired) electrons. The van der Waals surface area contributed by atoms with Crippen molar-refractivity contribution in [1.82, 2.24) is 15.1 Å². The summed E-state index contributed by atoms with van der Waals surface area (Å²) in [7, 11) is 0. The van der Waals surface area contributed by atoms with Gasteiger partial charge < -0.3 is 10.2 Å². The molecule has 1 aliphatic rings. The van der Waals surface area contributed by atoms with Crippen LogP contribution >= 0.6 is 0 Å². The molecule has 1 atom stereocenters. The average Bonchev–Trinajstić information content (AvgIpc) is 3.20. The van der Waals surface area contributed by atoms with Crippen molar-refractivity contribution in [3.05, 3.63) is 107 Å². The normalized spacial score (nSPS) is 13.3. The molecule has 0 aromatic heterocycles. The fourth-order valence-corrected chi connectivity index (χ4v) is 4.92. The zero-order valence-electron chi connectivity index (χ0n) is 23.4. The van der Waals surface area contributed by atoms with Crippen LogP contribution in [0.3, 0.4) is 0 Å². The Kier molecular flexibility index (Phi) is 9.48. The summed E-state index contributed by atoms with van der Waals surface area (Å²) in [6, 6.07) is 23.6. The quantitative estimate of drug-likeness (QED) is 0.336. The highest BCUT2D eigenvalue weighted by atomic mass is 16.2. The van der Waals surface area contributed by atoms with Crippen molar-refractivity contribution < 1.29 is 19.2 Å². The minimum atomic E-state index is -0.715. The van der Waals surface area contributed by atoms with Gasteiger partial charge in [-0.1, -0.05) is 80.6 Å². The zero-order chi connectivity index (χ0) is 28.6. The number of hydrogen-bond acceptors (Lipinski definition) is 4. The Morgan fingerprint density at radius 1 is 0.850 bits per heavy atom. The maximum absolute atomic E-state index is 13.8. The van der Waals surface area contributed by atoms with Crippen LogP contribution in [-0.4, -0.2) is 52.6 Å². The van der Waals surface area contributed by atoms with E-state index in [0.717, 1.165) is 16.7 Å². The molecular weight excluding hydrogens is 502 g/mol. The van der Waals surface area contributed by atoms with Gasteiger partial charge in [-0.05, 0) is 48.1 Å². The number of nitrogens with zero attached hydrogens (tertiary/aromatic N) is 2. The van der Waals surface area contributed by atoms with Crippen molar-refractivity contribution in [1.29, 1.82) is 0 Å². The van der Waals surface area contributed by atoms with Crippen LogP contribution in [0.15, 0.2) is 78.9 Å². The van der Waals surface area contributed by atoms with Crippen molar-refractivity contribution in [3.8, 4) is 0 Å². The van der Waals surface area contributed by atoms with Gasteiger partial charge >= 0.3 is 0 Å². The monoisotopic (exact) mass is 539 g/mol. The lowest BCUT2D eigenvalue weighted by Gasteiger charge is -2.32. The Morgan fingerprint density at radius 2 is 1.45 bits per heavy atom. The smallest absolute Gasteiger partial charge is 0.261 e. The number of carbonyl (C=O) groups is 4. The molecule has 3 aromatic carbocycles. The van der Waals surface area contributed by atoms with E-state index in [2.05, 4.69) is 5.32 Å². The minimum absolute atomic E-state index is 0.0992. The molecule has 4 rings (SSSR count). The molecule has 7 nitrogen and oxygen atoms in total. The third kappa shape index (κ3) is 6.84. The Balaban J connectivity index is 1.55. The summed E-state index contributed by atoms with van der Waals surface area (Å²) in [6.07, 6.45) is 0.781. The van der Waals surface area contributed by atoms with E-state index in [1.807, 2.05) is 75.4 Å². The second-order valence-corrected chi connectivity index (χ2v) is 10.7. The summed E-state index contributed by atoms with van der Waals surface area (Å²) in [4.78, 5) is 55.8. The van der Waals surface area contributed by atoms with E-state index in [1.165, 1.54) is 4.90 Å². The fraction of sp³-hybridized carbons (Fsp3) is 0.333. The number of aryl methyl sites for hydroxylation is 1. The maximum atomic E-state index is 13.8. The second kappa shape index (κ2) is 13.2. The standard InChI is InChI=1S/C33H37N3O4/c1-23(2)21-34-31(38)29(20-25-13-5-4-6-14-25)36(22-26-15-8-7-12-24(26)3)30(37)18-11-19-35-32(39)27-16-9-10-17-28(27)33(35)40/h4-10,12-17,23,29H,11,18-22H2,1-3H3,(H,34,38)/t29-/m0/s1. The molecule has 4 amide bonds. The summed E-state index contributed by atoms with van der Waals surface area (Å²) < 4.78 is 0. The number of amides is 4. The van der Waals surface area contributed by atoms with Gasteiger partial charge in [-0.2, -0.15) is 0 Å². The maximum Gasteiger partial charge on any atom is 0.261 e. The summed E-state index contributed by atoms with van der Waals surface area (Å²) in [5, 5.41) is 3.03. The van der Waals surface area contributed by atoms with Gasteiger partial charge in [0.2, 0.25) is 11.8 Å². The molecule has 1 N–H and O–H groups in total. The van der Waals surface area contributed by atoms with Crippen LogP contribution in [0.5, 0.6) is 0 Å². The van der Waals surface area contributed by atoms with Crippen molar-refractivity contribution >= 4 is 23.6 Å². The highest BCUT2D eigenvalue weighted by Crippen LogP contribution is 2.23. The van der Waals surface area contributed by atoms with Gasteiger partial charge in [0.05, 0.1) is 11.1 Å². The first-order valence-corrected chi connectivity index (χ1v) is 13.9. The van der Waals surface area contributed by atoms with Crippen molar-refractivity contribution in [2.75, 3.05) is 13.1 Å². The summed E-state index contributed by atoms with van der Waals surface area (Å²) in [5.74, 6) is -0.790. The predicted molar refractivity (Wildman–Crippen MR) is 155 cm³/mol. The van der Waals surface area contributed by atoms with Crippen LogP contribution in [0.1, 0.15) is 64.1 Å². The molecular formula is C33H37N3O4. The number of hydrogen-bond donors (Lipinski definition) is 1. The topological polar surface area (TPSA) is 86.8 Å². The van der Waals surface area contributed by atoms with Gasteiger partial charge in [0.25, 0.3) is 11.8 Å². The van der Waals surface area contributed by atoms with Crippen molar-refractivity contribution in [3.63, 3.8) is 0 Å². The van der Waals surface area contributed by atoms with E-state index in [0.29, 0.717) is 30.5 Å². The zero-order valence-corrected chi connectivity index (χ0v) is 23.4. The molecule has 0 fully saturated rings.